The Labute approximate surface area is 110 Å². The van der Waals surface area contributed by atoms with Gasteiger partial charge in [0.15, 0.2) is 0 Å². The van der Waals surface area contributed by atoms with Crippen LogP contribution in [0.3, 0.4) is 0 Å². The number of carboxylic acid groups (broad SMARTS) is 2. The van der Waals surface area contributed by atoms with Crippen LogP contribution in [0.15, 0.2) is 22.9 Å². The van der Waals surface area contributed by atoms with Crippen LogP contribution in [0.4, 0.5) is 0 Å². The molecule has 18 heavy (non-hydrogen) atoms. The monoisotopic (exact) mass is 316 g/mol. The van der Waals surface area contributed by atoms with Crippen molar-refractivity contribution in [3.05, 3.63) is 28.5 Å². The van der Waals surface area contributed by atoms with Crippen molar-refractivity contribution in [2.24, 2.45) is 0 Å². The number of carbonyl (C=O) groups is 3. The smallest absolute Gasteiger partial charge is 0.326 e. The molecule has 8 heteroatoms. The number of amides is 1. The number of hydrogen-bond donors (Lipinski definition) is 3. The average molecular weight is 317 g/mol. The summed E-state index contributed by atoms with van der Waals surface area (Å²) < 4.78 is 0.252. The molecule has 96 valence electrons. The summed E-state index contributed by atoms with van der Waals surface area (Å²) in [7, 11) is 0. The van der Waals surface area contributed by atoms with Gasteiger partial charge in [0.25, 0.3) is 5.91 Å². The Morgan fingerprint density at radius 2 is 2.06 bits per heavy atom. The molecule has 1 atom stereocenters. The lowest BCUT2D eigenvalue weighted by Crippen LogP contribution is -2.42. The maximum absolute atomic E-state index is 11.7. The first kappa shape index (κ1) is 14.1. The van der Waals surface area contributed by atoms with E-state index >= 15 is 0 Å². The lowest BCUT2D eigenvalue weighted by Gasteiger charge is -2.12. The first-order valence-electron chi connectivity index (χ1n) is 4.77. The third kappa shape index (κ3) is 3.81. The molecule has 0 saturated carbocycles. The largest absolute Gasteiger partial charge is 0.481 e. The first-order valence-corrected chi connectivity index (χ1v) is 5.57. The average Bonchev–Trinajstić information content (AvgIpc) is 2.27. The Kier molecular flexibility index (Phi) is 4.78. The molecular formula is C10H9BrN2O5. The SMILES string of the molecule is O=C(O)CC(NC(=O)c1cccnc1Br)C(=O)O. The molecule has 0 saturated heterocycles. The van der Waals surface area contributed by atoms with Gasteiger partial charge in [-0.15, -0.1) is 0 Å². The predicted molar refractivity (Wildman–Crippen MR) is 63.1 cm³/mol. The van der Waals surface area contributed by atoms with Gasteiger partial charge >= 0.3 is 11.9 Å². The van der Waals surface area contributed by atoms with Crippen LogP contribution in [0, 0.1) is 0 Å². The zero-order valence-electron chi connectivity index (χ0n) is 8.96. The summed E-state index contributed by atoms with van der Waals surface area (Å²) in [5.41, 5.74) is 0.133. The van der Waals surface area contributed by atoms with Crippen molar-refractivity contribution in [1.82, 2.24) is 10.3 Å². The number of hydrogen-bond acceptors (Lipinski definition) is 4. The van der Waals surface area contributed by atoms with Crippen molar-refractivity contribution in [2.75, 3.05) is 0 Å². The normalized spacial score (nSPS) is 11.6. The van der Waals surface area contributed by atoms with Crippen LogP contribution in [0.5, 0.6) is 0 Å². The Morgan fingerprint density at radius 3 is 2.56 bits per heavy atom. The van der Waals surface area contributed by atoms with E-state index in [2.05, 4.69) is 26.2 Å². The number of pyridine rings is 1. The molecule has 1 amide bonds. The van der Waals surface area contributed by atoms with Crippen molar-refractivity contribution in [2.45, 2.75) is 12.5 Å². The molecule has 7 nitrogen and oxygen atoms in total. The van der Waals surface area contributed by atoms with Crippen molar-refractivity contribution < 1.29 is 24.6 Å². The van der Waals surface area contributed by atoms with Crippen LogP contribution in [0.25, 0.3) is 0 Å². The molecule has 1 aromatic heterocycles. The topological polar surface area (TPSA) is 117 Å². The lowest BCUT2D eigenvalue weighted by atomic mass is 10.2. The van der Waals surface area contributed by atoms with Gasteiger partial charge in [-0.3, -0.25) is 9.59 Å². The van der Waals surface area contributed by atoms with Crippen LogP contribution in [-0.4, -0.2) is 39.1 Å². The molecule has 3 N–H and O–H groups in total. The van der Waals surface area contributed by atoms with Crippen LogP contribution in [0.1, 0.15) is 16.8 Å². The first-order chi connectivity index (χ1) is 8.41. The Morgan fingerprint density at radius 1 is 1.39 bits per heavy atom. The van der Waals surface area contributed by atoms with Gasteiger partial charge in [-0.2, -0.15) is 0 Å². The van der Waals surface area contributed by atoms with Gasteiger partial charge in [-0.1, -0.05) is 0 Å². The molecule has 0 fully saturated rings. The molecule has 1 aromatic rings. The molecule has 0 aliphatic heterocycles. The summed E-state index contributed by atoms with van der Waals surface area (Å²) in [5.74, 6) is -3.43. The number of aromatic nitrogens is 1. The highest BCUT2D eigenvalue weighted by Crippen LogP contribution is 2.12. The number of nitrogens with zero attached hydrogens (tertiary/aromatic N) is 1. The minimum absolute atomic E-state index is 0.133. The molecule has 0 radical (unpaired) electrons. The van der Waals surface area contributed by atoms with E-state index in [1.807, 2.05) is 0 Å². The van der Waals surface area contributed by atoms with E-state index < -0.39 is 30.3 Å². The minimum atomic E-state index is -1.48. The quantitative estimate of drug-likeness (QED) is 0.681. The molecule has 1 rings (SSSR count). The molecule has 1 unspecified atom stereocenters. The maximum atomic E-state index is 11.7. The van der Waals surface area contributed by atoms with Crippen molar-refractivity contribution in [3.63, 3.8) is 0 Å². The van der Waals surface area contributed by atoms with Crippen LogP contribution in [0.2, 0.25) is 0 Å². The van der Waals surface area contributed by atoms with E-state index in [-0.39, 0.29) is 10.2 Å². The van der Waals surface area contributed by atoms with E-state index in [0.29, 0.717) is 0 Å². The molecular weight excluding hydrogens is 308 g/mol. The van der Waals surface area contributed by atoms with E-state index in [4.69, 9.17) is 10.2 Å². The van der Waals surface area contributed by atoms with Crippen LogP contribution >= 0.6 is 15.9 Å². The number of halogens is 1. The fourth-order valence-corrected chi connectivity index (χ4v) is 1.60. The highest BCUT2D eigenvalue weighted by atomic mass is 79.9. The van der Waals surface area contributed by atoms with E-state index in [1.54, 1.807) is 0 Å². The third-order valence-electron chi connectivity index (χ3n) is 1.99. The molecule has 0 aromatic carbocycles. The molecule has 0 aliphatic rings. The van der Waals surface area contributed by atoms with E-state index in [1.165, 1.54) is 18.3 Å². The summed E-state index contributed by atoms with van der Waals surface area (Å²) in [6.07, 6.45) is 0.756. The van der Waals surface area contributed by atoms with Gasteiger partial charge in [0, 0.05) is 6.20 Å². The second-order valence-corrected chi connectivity index (χ2v) is 4.06. The van der Waals surface area contributed by atoms with E-state index in [9.17, 15) is 14.4 Å². The lowest BCUT2D eigenvalue weighted by molar-refractivity contribution is -0.145. The number of carboxylic acids is 2. The summed E-state index contributed by atoms with van der Waals surface area (Å²) in [6, 6.07) is 1.46. The highest BCUT2D eigenvalue weighted by molar-refractivity contribution is 9.10. The van der Waals surface area contributed by atoms with Gasteiger partial charge in [0.1, 0.15) is 10.6 Å². The molecule has 0 aliphatic carbocycles. The molecule has 0 spiro atoms. The van der Waals surface area contributed by atoms with Gasteiger partial charge in [-0.25, -0.2) is 9.78 Å². The zero-order valence-corrected chi connectivity index (χ0v) is 10.5. The van der Waals surface area contributed by atoms with Crippen molar-refractivity contribution in [1.29, 1.82) is 0 Å². The second kappa shape index (κ2) is 6.10. The highest BCUT2D eigenvalue weighted by Gasteiger charge is 2.24. The second-order valence-electron chi connectivity index (χ2n) is 3.30. The molecule has 1 heterocycles. The maximum Gasteiger partial charge on any atom is 0.326 e. The van der Waals surface area contributed by atoms with E-state index in [0.717, 1.165) is 0 Å². The summed E-state index contributed by atoms with van der Waals surface area (Å²) in [6.45, 7) is 0. The number of rotatable bonds is 5. The summed E-state index contributed by atoms with van der Waals surface area (Å²) >= 11 is 3.04. The van der Waals surface area contributed by atoms with Crippen molar-refractivity contribution >= 4 is 33.8 Å². The Hall–Kier alpha value is -1.96. The number of carbonyl (C=O) groups excluding carboxylic acids is 1. The predicted octanol–water partition coefficient (Wildman–Crippen LogP) is 0.502. The van der Waals surface area contributed by atoms with Crippen LogP contribution < -0.4 is 5.32 Å². The third-order valence-corrected chi connectivity index (χ3v) is 2.62. The summed E-state index contributed by atoms with van der Waals surface area (Å²) in [4.78, 5) is 36.8. The number of nitrogens with one attached hydrogen (secondary N) is 1. The zero-order chi connectivity index (χ0) is 13.7. The standard InChI is InChI=1S/C10H9BrN2O5/c11-8-5(2-1-3-12-8)9(16)13-6(10(17)18)4-7(14)15/h1-3,6H,4H2,(H,13,16)(H,14,15)(H,17,18). The minimum Gasteiger partial charge on any atom is -0.481 e. The Balaban J connectivity index is 2.82. The fourth-order valence-electron chi connectivity index (χ4n) is 1.17. The number of aliphatic carboxylic acids is 2. The van der Waals surface area contributed by atoms with Crippen LogP contribution in [-0.2, 0) is 9.59 Å². The fraction of sp³-hybridized carbons (Fsp3) is 0.200. The van der Waals surface area contributed by atoms with Crippen molar-refractivity contribution in [3.8, 4) is 0 Å². The van der Waals surface area contributed by atoms with Gasteiger partial charge in [0.2, 0.25) is 0 Å². The van der Waals surface area contributed by atoms with Gasteiger partial charge in [0.05, 0.1) is 12.0 Å². The summed E-state index contributed by atoms with van der Waals surface area (Å²) in [5, 5.41) is 19.4. The van der Waals surface area contributed by atoms with Gasteiger partial charge < -0.3 is 15.5 Å². The van der Waals surface area contributed by atoms with Gasteiger partial charge in [-0.05, 0) is 28.1 Å². The Bertz CT molecular complexity index is 491. The molecule has 0 bridgehead atoms.